The Bertz CT molecular complexity index is 607. The van der Waals surface area contributed by atoms with Crippen LogP contribution >= 0.6 is 0 Å². The quantitative estimate of drug-likeness (QED) is 0.843. The maximum atomic E-state index is 9.41. The number of para-hydroxylation sites is 1. The molecule has 0 amide bonds. The van der Waals surface area contributed by atoms with Gasteiger partial charge in [0.1, 0.15) is 0 Å². The molecule has 0 atom stereocenters. The Morgan fingerprint density at radius 1 is 1.33 bits per heavy atom. The van der Waals surface area contributed by atoms with Crippen molar-refractivity contribution in [1.82, 2.24) is 10.1 Å². The highest BCUT2D eigenvalue weighted by atomic mass is 16.5. The third kappa shape index (κ3) is 3.16. The number of ether oxygens (including phenoxy) is 2. The second kappa shape index (κ2) is 6.13. The molecule has 0 spiro atoms. The van der Waals surface area contributed by atoms with E-state index in [9.17, 15) is 5.11 Å². The molecule has 6 heteroatoms. The van der Waals surface area contributed by atoms with Gasteiger partial charge in [0.2, 0.25) is 11.7 Å². The molecule has 2 aromatic rings. The van der Waals surface area contributed by atoms with Crippen molar-refractivity contribution in [3.63, 3.8) is 0 Å². The number of aliphatic hydroxyl groups excluding tert-OH is 1. The Balaban J connectivity index is 1.73. The van der Waals surface area contributed by atoms with Crippen molar-refractivity contribution in [2.75, 3.05) is 6.61 Å². The van der Waals surface area contributed by atoms with Crippen molar-refractivity contribution < 1.29 is 19.1 Å². The predicted molar refractivity (Wildman–Crippen MR) is 74.1 cm³/mol. The first-order valence-corrected chi connectivity index (χ1v) is 7.12. The zero-order valence-electron chi connectivity index (χ0n) is 11.9. The maximum Gasteiger partial charge on any atom is 0.229 e. The highest BCUT2D eigenvalue weighted by molar-refractivity contribution is 5.46. The van der Waals surface area contributed by atoms with Crippen LogP contribution in [0.3, 0.4) is 0 Å². The van der Waals surface area contributed by atoms with E-state index in [4.69, 9.17) is 14.0 Å². The molecule has 1 aliphatic carbocycles. The lowest BCUT2D eigenvalue weighted by Crippen LogP contribution is -2.03. The molecular weight excluding hydrogens is 272 g/mol. The van der Waals surface area contributed by atoms with Crippen LogP contribution in [0.5, 0.6) is 11.5 Å². The lowest BCUT2D eigenvalue weighted by atomic mass is 10.2. The van der Waals surface area contributed by atoms with E-state index in [1.807, 2.05) is 19.1 Å². The summed E-state index contributed by atoms with van der Waals surface area (Å²) in [4.78, 5) is 4.31. The van der Waals surface area contributed by atoms with E-state index in [1.165, 1.54) is 0 Å². The van der Waals surface area contributed by atoms with Gasteiger partial charge in [0.25, 0.3) is 0 Å². The fraction of sp³-hybridized carbons (Fsp3) is 0.467. The summed E-state index contributed by atoms with van der Waals surface area (Å²) in [6, 6.07) is 5.43. The molecule has 112 valence electrons. The van der Waals surface area contributed by atoms with Gasteiger partial charge in [-0.1, -0.05) is 17.3 Å². The Kier molecular flexibility index (Phi) is 4.06. The first kappa shape index (κ1) is 13.9. The summed E-state index contributed by atoms with van der Waals surface area (Å²) in [6.45, 7) is 2.50. The first-order valence-electron chi connectivity index (χ1n) is 7.12. The molecular formula is C15H18N2O4. The van der Waals surface area contributed by atoms with Crippen molar-refractivity contribution in [3.05, 3.63) is 35.5 Å². The van der Waals surface area contributed by atoms with E-state index >= 15 is 0 Å². The van der Waals surface area contributed by atoms with Gasteiger partial charge in [-0.05, 0) is 25.8 Å². The number of benzene rings is 1. The van der Waals surface area contributed by atoms with Crippen LogP contribution < -0.4 is 9.47 Å². The second-order valence-electron chi connectivity index (χ2n) is 4.95. The highest BCUT2D eigenvalue weighted by Gasteiger charge is 2.29. The third-order valence-electron chi connectivity index (χ3n) is 3.29. The molecule has 1 heterocycles. The molecule has 6 nitrogen and oxygen atoms in total. The molecule has 0 radical (unpaired) electrons. The smallest absolute Gasteiger partial charge is 0.229 e. The van der Waals surface area contributed by atoms with Crippen LogP contribution in [0.2, 0.25) is 0 Å². The molecule has 3 rings (SSSR count). The third-order valence-corrected chi connectivity index (χ3v) is 3.29. The molecule has 0 bridgehead atoms. The Labute approximate surface area is 122 Å². The summed E-state index contributed by atoms with van der Waals surface area (Å²) in [6.07, 6.45) is 2.23. The minimum absolute atomic E-state index is 0.115. The molecule has 1 aliphatic rings. The molecule has 0 unspecified atom stereocenters. The van der Waals surface area contributed by atoms with Gasteiger partial charge in [0.15, 0.2) is 18.1 Å². The van der Waals surface area contributed by atoms with Gasteiger partial charge < -0.3 is 19.1 Å². The topological polar surface area (TPSA) is 77.6 Å². The summed E-state index contributed by atoms with van der Waals surface area (Å²) < 4.78 is 16.5. The molecule has 0 aliphatic heterocycles. The van der Waals surface area contributed by atoms with Crippen molar-refractivity contribution in [3.8, 4) is 11.5 Å². The van der Waals surface area contributed by atoms with E-state index in [2.05, 4.69) is 10.1 Å². The Morgan fingerprint density at radius 2 is 2.19 bits per heavy atom. The van der Waals surface area contributed by atoms with Gasteiger partial charge in [0.05, 0.1) is 13.2 Å². The van der Waals surface area contributed by atoms with Crippen LogP contribution in [-0.4, -0.2) is 21.9 Å². The van der Waals surface area contributed by atoms with Crippen LogP contribution in [0.1, 0.15) is 43.0 Å². The van der Waals surface area contributed by atoms with E-state index in [1.54, 1.807) is 6.07 Å². The summed E-state index contributed by atoms with van der Waals surface area (Å²) >= 11 is 0. The van der Waals surface area contributed by atoms with E-state index in [0.29, 0.717) is 41.3 Å². The van der Waals surface area contributed by atoms with Crippen molar-refractivity contribution in [1.29, 1.82) is 0 Å². The maximum absolute atomic E-state index is 9.41. The number of aromatic nitrogens is 2. The van der Waals surface area contributed by atoms with Gasteiger partial charge in [-0.2, -0.15) is 4.98 Å². The molecule has 1 N–H and O–H groups in total. The summed E-state index contributed by atoms with van der Waals surface area (Å²) in [5.41, 5.74) is 0.673. The zero-order chi connectivity index (χ0) is 14.7. The largest absolute Gasteiger partial charge is 0.490 e. The van der Waals surface area contributed by atoms with Crippen LogP contribution in [0.15, 0.2) is 22.7 Å². The van der Waals surface area contributed by atoms with Gasteiger partial charge in [0, 0.05) is 11.5 Å². The Morgan fingerprint density at radius 3 is 2.90 bits per heavy atom. The lowest BCUT2D eigenvalue weighted by molar-refractivity contribution is 0.237. The number of hydrogen-bond acceptors (Lipinski definition) is 6. The van der Waals surface area contributed by atoms with Crippen molar-refractivity contribution in [2.24, 2.45) is 0 Å². The van der Waals surface area contributed by atoms with Gasteiger partial charge in [-0.25, -0.2) is 0 Å². The van der Waals surface area contributed by atoms with Gasteiger partial charge in [-0.3, -0.25) is 0 Å². The van der Waals surface area contributed by atoms with Gasteiger partial charge >= 0.3 is 0 Å². The van der Waals surface area contributed by atoms with Crippen LogP contribution in [0.25, 0.3) is 0 Å². The minimum atomic E-state index is -0.115. The first-order chi connectivity index (χ1) is 10.3. The van der Waals surface area contributed by atoms with E-state index < -0.39 is 0 Å². The zero-order valence-corrected chi connectivity index (χ0v) is 11.9. The number of aliphatic hydroxyl groups is 1. The average molecular weight is 290 g/mol. The highest BCUT2D eigenvalue weighted by Crippen LogP contribution is 2.39. The molecule has 0 saturated heterocycles. The number of nitrogens with zero attached hydrogens (tertiary/aromatic N) is 2. The van der Waals surface area contributed by atoms with Crippen LogP contribution in [-0.2, 0) is 13.2 Å². The van der Waals surface area contributed by atoms with Gasteiger partial charge in [-0.15, -0.1) is 0 Å². The SMILES string of the molecule is CCOc1cccc(CO)c1OCc1noc(C2CC2)n1. The average Bonchev–Trinajstić information content (AvgIpc) is 3.25. The normalized spacial score (nSPS) is 14.2. The van der Waals surface area contributed by atoms with Crippen LogP contribution in [0, 0.1) is 0 Å². The number of hydrogen-bond donors (Lipinski definition) is 1. The van der Waals surface area contributed by atoms with Crippen molar-refractivity contribution in [2.45, 2.75) is 38.9 Å². The van der Waals surface area contributed by atoms with Crippen LogP contribution in [0.4, 0.5) is 0 Å². The van der Waals surface area contributed by atoms with E-state index in [0.717, 1.165) is 12.8 Å². The summed E-state index contributed by atoms with van der Waals surface area (Å²) in [5.74, 6) is 2.76. The summed E-state index contributed by atoms with van der Waals surface area (Å²) in [5, 5.41) is 13.3. The van der Waals surface area contributed by atoms with Crippen molar-refractivity contribution >= 4 is 0 Å². The fourth-order valence-electron chi connectivity index (χ4n) is 2.08. The predicted octanol–water partition coefficient (Wildman–Crippen LogP) is 2.42. The monoisotopic (exact) mass is 290 g/mol. The molecule has 21 heavy (non-hydrogen) atoms. The standard InChI is InChI=1S/C15H18N2O4/c1-2-19-12-5-3-4-11(8-18)14(12)20-9-13-16-15(21-17-13)10-6-7-10/h3-5,10,18H,2,6-9H2,1H3. The lowest BCUT2D eigenvalue weighted by Gasteiger charge is -2.13. The molecule has 1 saturated carbocycles. The fourth-order valence-corrected chi connectivity index (χ4v) is 2.08. The number of rotatable bonds is 7. The minimum Gasteiger partial charge on any atom is -0.490 e. The Hall–Kier alpha value is -2.08. The summed E-state index contributed by atoms with van der Waals surface area (Å²) in [7, 11) is 0. The molecule has 1 fully saturated rings. The molecule has 1 aromatic carbocycles. The molecule has 1 aromatic heterocycles. The van der Waals surface area contributed by atoms with E-state index in [-0.39, 0.29) is 13.2 Å². The second-order valence-corrected chi connectivity index (χ2v) is 4.95.